The molecule has 0 bridgehead atoms. The summed E-state index contributed by atoms with van der Waals surface area (Å²) in [6.45, 7) is 5.04. The Kier molecular flexibility index (Phi) is 5.90. The molecule has 1 unspecified atom stereocenters. The van der Waals surface area contributed by atoms with Crippen molar-refractivity contribution in [1.29, 1.82) is 0 Å². The van der Waals surface area contributed by atoms with Gasteiger partial charge in [0, 0.05) is 25.0 Å². The van der Waals surface area contributed by atoms with Crippen molar-refractivity contribution in [3.05, 3.63) is 23.9 Å². The van der Waals surface area contributed by atoms with E-state index in [1.54, 1.807) is 6.20 Å². The first kappa shape index (κ1) is 13.9. The summed E-state index contributed by atoms with van der Waals surface area (Å²) in [6.07, 6.45) is 1.31. The van der Waals surface area contributed by atoms with E-state index in [4.69, 9.17) is 15.2 Å². The van der Waals surface area contributed by atoms with Crippen LogP contribution in [0.1, 0.15) is 25.5 Å². The van der Waals surface area contributed by atoms with Crippen molar-refractivity contribution in [2.24, 2.45) is 0 Å². The number of nitrogen functional groups attached to an aromatic ring is 1. The van der Waals surface area contributed by atoms with Crippen molar-refractivity contribution >= 4 is 5.82 Å². The summed E-state index contributed by atoms with van der Waals surface area (Å²) in [7, 11) is 1.85. The molecule has 1 aromatic heterocycles. The van der Waals surface area contributed by atoms with Crippen LogP contribution in [0.3, 0.4) is 0 Å². The van der Waals surface area contributed by atoms with Crippen LogP contribution in [0, 0.1) is 0 Å². The second-order valence-electron chi connectivity index (χ2n) is 3.52. The van der Waals surface area contributed by atoms with Gasteiger partial charge in [-0.15, -0.1) is 0 Å². The lowest BCUT2D eigenvalue weighted by Crippen LogP contribution is -2.34. The van der Waals surface area contributed by atoms with Gasteiger partial charge in [-0.1, -0.05) is 6.07 Å². The van der Waals surface area contributed by atoms with Crippen LogP contribution in [0.25, 0.3) is 0 Å². The Labute approximate surface area is 102 Å². The van der Waals surface area contributed by atoms with Crippen molar-refractivity contribution in [3.63, 3.8) is 0 Å². The third kappa shape index (κ3) is 3.66. The molecule has 5 nitrogen and oxygen atoms in total. The van der Waals surface area contributed by atoms with Crippen molar-refractivity contribution in [1.82, 2.24) is 10.3 Å². The third-order valence-electron chi connectivity index (χ3n) is 2.45. The minimum absolute atomic E-state index is 0.122. The molecule has 0 aliphatic heterocycles. The largest absolute Gasteiger partial charge is 0.383 e. The topological polar surface area (TPSA) is 69.4 Å². The maximum atomic E-state index is 5.86. The summed E-state index contributed by atoms with van der Waals surface area (Å²) in [5.41, 5.74) is 6.76. The first-order valence-corrected chi connectivity index (χ1v) is 5.85. The minimum Gasteiger partial charge on any atom is -0.383 e. The van der Waals surface area contributed by atoms with E-state index in [-0.39, 0.29) is 12.3 Å². The van der Waals surface area contributed by atoms with Crippen molar-refractivity contribution in [3.8, 4) is 0 Å². The first-order chi connectivity index (χ1) is 8.24. The predicted octanol–water partition coefficient (Wildman–Crippen LogP) is 1.32. The monoisotopic (exact) mass is 239 g/mol. The predicted molar refractivity (Wildman–Crippen MR) is 67.5 cm³/mol. The third-order valence-corrected chi connectivity index (χ3v) is 2.45. The standard InChI is InChI=1S/C12H21N3O2/c1-4-16-12(17-5-2)10(14-3)9-7-6-8-15-11(9)13/h6-8,10,12,14H,4-5H2,1-3H3,(H2,13,15). The highest BCUT2D eigenvalue weighted by atomic mass is 16.7. The van der Waals surface area contributed by atoms with Crippen molar-refractivity contribution in [2.45, 2.75) is 26.2 Å². The van der Waals surface area contributed by atoms with Gasteiger partial charge >= 0.3 is 0 Å². The lowest BCUT2D eigenvalue weighted by atomic mass is 10.1. The smallest absolute Gasteiger partial charge is 0.176 e. The SMILES string of the molecule is CCOC(OCC)C(NC)c1cccnc1N. The quantitative estimate of drug-likeness (QED) is 0.702. The molecule has 5 heteroatoms. The van der Waals surface area contributed by atoms with E-state index >= 15 is 0 Å². The van der Waals surface area contributed by atoms with Crippen LogP contribution in [0.5, 0.6) is 0 Å². The Morgan fingerprint density at radius 3 is 2.47 bits per heavy atom. The zero-order valence-electron chi connectivity index (χ0n) is 10.6. The fraction of sp³-hybridized carbons (Fsp3) is 0.583. The number of likely N-dealkylation sites (N-methyl/N-ethyl adjacent to an activating group) is 1. The van der Waals surface area contributed by atoms with Gasteiger partial charge in [0.05, 0.1) is 6.04 Å². The number of nitrogens with one attached hydrogen (secondary N) is 1. The van der Waals surface area contributed by atoms with Crippen LogP contribution in [0.2, 0.25) is 0 Å². The number of rotatable bonds is 7. The van der Waals surface area contributed by atoms with Gasteiger partial charge < -0.3 is 20.5 Å². The van der Waals surface area contributed by atoms with Crippen LogP contribution in [-0.2, 0) is 9.47 Å². The molecule has 0 aromatic carbocycles. The second-order valence-corrected chi connectivity index (χ2v) is 3.52. The number of nitrogens with two attached hydrogens (primary N) is 1. The van der Waals surface area contributed by atoms with Gasteiger partial charge in [-0.25, -0.2) is 4.98 Å². The summed E-state index contributed by atoms with van der Waals surface area (Å²) < 4.78 is 11.2. The van der Waals surface area contributed by atoms with Crippen molar-refractivity contribution < 1.29 is 9.47 Å². The molecule has 0 saturated heterocycles. The normalized spacial score (nSPS) is 12.9. The first-order valence-electron chi connectivity index (χ1n) is 5.85. The molecule has 0 saturated carbocycles. The van der Waals surface area contributed by atoms with Crippen LogP contribution in [0.4, 0.5) is 5.82 Å². The number of anilines is 1. The molecule has 1 atom stereocenters. The Bertz CT molecular complexity index is 327. The van der Waals surface area contributed by atoms with Gasteiger partial charge in [0.1, 0.15) is 5.82 Å². The molecule has 0 amide bonds. The van der Waals surface area contributed by atoms with E-state index in [0.29, 0.717) is 19.0 Å². The summed E-state index contributed by atoms with van der Waals surface area (Å²) in [5, 5.41) is 3.16. The van der Waals surface area contributed by atoms with Gasteiger partial charge in [0.15, 0.2) is 6.29 Å². The van der Waals surface area contributed by atoms with E-state index in [0.717, 1.165) is 5.56 Å². The highest BCUT2D eigenvalue weighted by Gasteiger charge is 2.24. The minimum atomic E-state index is -0.360. The Balaban J connectivity index is 2.91. The summed E-state index contributed by atoms with van der Waals surface area (Å²) >= 11 is 0. The molecule has 1 heterocycles. The fourth-order valence-corrected chi connectivity index (χ4v) is 1.70. The van der Waals surface area contributed by atoms with E-state index in [2.05, 4.69) is 10.3 Å². The van der Waals surface area contributed by atoms with Crippen LogP contribution < -0.4 is 11.1 Å². The molecule has 0 spiro atoms. The number of nitrogens with zero attached hydrogens (tertiary/aromatic N) is 1. The van der Waals surface area contributed by atoms with Gasteiger partial charge in [0.2, 0.25) is 0 Å². The lowest BCUT2D eigenvalue weighted by molar-refractivity contribution is -0.154. The van der Waals surface area contributed by atoms with Gasteiger partial charge in [0.25, 0.3) is 0 Å². The Hall–Kier alpha value is -1.17. The maximum absolute atomic E-state index is 5.86. The molecular weight excluding hydrogens is 218 g/mol. The van der Waals surface area contributed by atoms with Crippen LogP contribution >= 0.6 is 0 Å². The molecule has 96 valence electrons. The van der Waals surface area contributed by atoms with Crippen LogP contribution in [0.15, 0.2) is 18.3 Å². The number of hydrogen-bond acceptors (Lipinski definition) is 5. The zero-order valence-corrected chi connectivity index (χ0v) is 10.6. The summed E-state index contributed by atoms with van der Waals surface area (Å²) in [4.78, 5) is 4.08. The molecule has 0 aliphatic rings. The Morgan fingerprint density at radius 2 is 2.00 bits per heavy atom. The van der Waals surface area contributed by atoms with E-state index < -0.39 is 0 Å². The van der Waals surface area contributed by atoms with Gasteiger partial charge in [-0.3, -0.25) is 0 Å². The molecular formula is C12H21N3O2. The molecule has 0 fully saturated rings. The molecule has 0 radical (unpaired) electrons. The second kappa shape index (κ2) is 7.21. The highest BCUT2D eigenvalue weighted by Crippen LogP contribution is 2.23. The molecule has 17 heavy (non-hydrogen) atoms. The molecule has 1 rings (SSSR count). The zero-order chi connectivity index (χ0) is 12.7. The number of hydrogen-bond donors (Lipinski definition) is 2. The Morgan fingerprint density at radius 1 is 1.35 bits per heavy atom. The number of pyridine rings is 1. The van der Waals surface area contributed by atoms with E-state index in [9.17, 15) is 0 Å². The number of aromatic nitrogens is 1. The van der Waals surface area contributed by atoms with E-state index in [1.165, 1.54) is 0 Å². The average Bonchev–Trinajstić information content (AvgIpc) is 2.33. The lowest BCUT2D eigenvalue weighted by Gasteiger charge is -2.27. The molecule has 3 N–H and O–H groups in total. The molecule has 1 aromatic rings. The van der Waals surface area contributed by atoms with E-state index in [1.807, 2.05) is 33.0 Å². The van der Waals surface area contributed by atoms with Gasteiger partial charge in [-0.05, 0) is 27.0 Å². The highest BCUT2D eigenvalue weighted by molar-refractivity contribution is 5.41. The average molecular weight is 239 g/mol. The van der Waals surface area contributed by atoms with Crippen LogP contribution in [-0.4, -0.2) is 31.5 Å². The van der Waals surface area contributed by atoms with Gasteiger partial charge in [-0.2, -0.15) is 0 Å². The number of ether oxygens (including phenoxy) is 2. The van der Waals surface area contributed by atoms with Crippen molar-refractivity contribution in [2.75, 3.05) is 26.0 Å². The fourth-order valence-electron chi connectivity index (χ4n) is 1.70. The summed E-state index contributed by atoms with van der Waals surface area (Å²) in [6, 6.07) is 3.66. The maximum Gasteiger partial charge on any atom is 0.176 e. The molecule has 0 aliphatic carbocycles. The summed E-state index contributed by atoms with van der Waals surface area (Å²) in [5.74, 6) is 0.497.